The summed E-state index contributed by atoms with van der Waals surface area (Å²) in [7, 11) is -1.86. The van der Waals surface area contributed by atoms with Gasteiger partial charge in [0.2, 0.25) is 15.9 Å². The number of benzene rings is 1. The number of piperidine rings is 1. The van der Waals surface area contributed by atoms with Crippen molar-refractivity contribution in [1.29, 1.82) is 0 Å². The molecule has 2 N–H and O–H groups in total. The Morgan fingerprint density at radius 3 is 2.67 bits per heavy atom. The van der Waals surface area contributed by atoms with E-state index in [2.05, 4.69) is 10.0 Å². The van der Waals surface area contributed by atoms with E-state index < -0.39 is 16.1 Å². The molecule has 2 unspecified atom stereocenters. The molecule has 1 fully saturated rings. The molecule has 0 aromatic heterocycles. The van der Waals surface area contributed by atoms with Gasteiger partial charge in [-0.25, -0.2) is 8.42 Å². The van der Waals surface area contributed by atoms with Crippen LogP contribution in [-0.2, 0) is 14.8 Å². The van der Waals surface area contributed by atoms with Gasteiger partial charge in [-0.15, -0.1) is 0 Å². The third-order valence-corrected chi connectivity index (χ3v) is 5.96. The first-order valence-corrected chi connectivity index (χ1v) is 9.91. The number of carbonyl (C=O) groups excluding carboxylic acids is 1. The van der Waals surface area contributed by atoms with Crippen molar-refractivity contribution in [1.82, 2.24) is 14.9 Å². The smallest absolute Gasteiger partial charge is 0.241 e. The first-order chi connectivity index (χ1) is 11.3. The molecule has 24 heavy (non-hydrogen) atoms. The normalized spacial score (nSPS) is 20.0. The zero-order valence-corrected chi connectivity index (χ0v) is 15.5. The highest BCUT2D eigenvalue weighted by Crippen LogP contribution is 2.18. The van der Waals surface area contributed by atoms with Crippen LogP contribution >= 0.6 is 11.6 Å². The van der Waals surface area contributed by atoms with E-state index in [9.17, 15) is 13.2 Å². The molecule has 6 nitrogen and oxygen atoms in total. The number of hydrogen-bond donors (Lipinski definition) is 2. The van der Waals surface area contributed by atoms with E-state index in [4.69, 9.17) is 11.6 Å². The van der Waals surface area contributed by atoms with Crippen molar-refractivity contribution in [2.24, 2.45) is 5.92 Å². The topological polar surface area (TPSA) is 78.5 Å². The lowest BCUT2D eigenvalue weighted by Gasteiger charge is -2.34. The summed E-state index contributed by atoms with van der Waals surface area (Å²) in [5.41, 5.74) is 0. The minimum atomic E-state index is -3.75. The fourth-order valence-corrected chi connectivity index (χ4v) is 4.28. The quantitative estimate of drug-likeness (QED) is 0.791. The number of carbonyl (C=O) groups is 1. The summed E-state index contributed by atoms with van der Waals surface area (Å²) in [5.74, 6) is 0.223. The van der Waals surface area contributed by atoms with Gasteiger partial charge in [0.25, 0.3) is 0 Å². The van der Waals surface area contributed by atoms with Gasteiger partial charge in [-0.3, -0.25) is 4.79 Å². The van der Waals surface area contributed by atoms with Crippen molar-refractivity contribution in [2.45, 2.75) is 30.7 Å². The minimum Gasteiger partial charge on any atom is -0.341 e. The summed E-state index contributed by atoms with van der Waals surface area (Å²) in [6.45, 7) is 3.77. The zero-order chi connectivity index (χ0) is 17.7. The molecule has 0 bridgehead atoms. The van der Waals surface area contributed by atoms with Crippen molar-refractivity contribution in [3.05, 3.63) is 29.3 Å². The number of halogens is 1. The van der Waals surface area contributed by atoms with E-state index in [0.717, 1.165) is 19.4 Å². The van der Waals surface area contributed by atoms with E-state index in [1.54, 1.807) is 11.8 Å². The second-order valence-electron chi connectivity index (χ2n) is 6.15. The van der Waals surface area contributed by atoms with Crippen LogP contribution < -0.4 is 10.0 Å². The van der Waals surface area contributed by atoms with Crippen molar-refractivity contribution >= 4 is 27.5 Å². The summed E-state index contributed by atoms with van der Waals surface area (Å²) in [6, 6.07) is 5.06. The van der Waals surface area contributed by atoms with Crippen LogP contribution in [0.2, 0.25) is 5.02 Å². The Bertz CT molecular complexity index is 662. The lowest BCUT2D eigenvalue weighted by molar-refractivity contribution is -0.134. The highest BCUT2D eigenvalue weighted by Gasteiger charge is 2.29. The van der Waals surface area contributed by atoms with E-state index in [1.165, 1.54) is 24.3 Å². The maximum atomic E-state index is 12.6. The van der Waals surface area contributed by atoms with Gasteiger partial charge in [0.1, 0.15) is 0 Å². The number of sulfonamides is 1. The van der Waals surface area contributed by atoms with Gasteiger partial charge in [0.05, 0.1) is 10.9 Å². The molecule has 0 saturated carbocycles. The lowest BCUT2D eigenvalue weighted by atomic mass is 9.97. The summed E-state index contributed by atoms with van der Waals surface area (Å²) < 4.78 is 27.2. The van der Waals surface area contributed by atoms with Gasteiger partial charge in [-0.05, 0) is 63.5 Å². The molecule has 0 radical (unpaired) electrons. The van der Waals surface area contributed by atoms with Gasteiger partial charge in [-0.2, -0.15) is 4.72 Å². The molecule has 2 atom stereocenters. The standard InChI is InChI=1S/C16H24ClN3O3S/c1-12(16(21)20-9-3-4-13(11-20)10-18-2)19-24(22,23)15-7-5-14(17)6-8-15/h5-8,12-13,18-19H,3-4,9-11H2,1-2H3. The van der Waals surface area contributed by atoms with E-state index in [1.807, 2.05) is 7.05 Å². The van der Waals surface area contributed by atoms with Gasteiger partial charge < -0.3 is 10.2 Å². The molecule has 134 valence electrons. The van der Waals surface area contributed by atoms with Gasteiger partial charge in [-0.1, -0.05) is 11.6 Å². The molecule has 8 heteroatoms. The summed E-state index contributed by atoms with van der Waals surface area (Å²) in [6.07, 6.45) is 2.02. The predicted molar refractivity (Wildman–Crippen MR) is 94.5 cm³/mol. The minimum absolute atomic E-state index is 0.0956. The van der Waals surface area contributed by atoms with E-state index in [0.29, 0.717) is 24.0 Å². The molecule has 0 spiro atoms. The summed E-state index contributed by atoms with van der Waals surface area (Å²) in [5, 5.41) is 3.59. The van der Waals surface area contributed by atoms with E-state index in [-0.39, 0.29) is 10.8 Å². The third-order valence-electron chi connectivity index (χ3n) is 4.15. The largest absolute Gasteiger partial charge is 0.341 e. The Balaban J connectivity index is 2.01. The molecule has 1 aromatic rings. The van der Waals surface area contributed by atoms with Crippen LogP contribution in [0.3, 0.4) is 0 Å². The monoisotopic (exact) mass is 373 g/mol. The maximum absolute atomic E-state index is 12.6. The number of amides is 1. The van der Waals surface area contributed by atoms with Crippen LogP contribution in [0, 0.1) is 5.92 Å². The van der Waals surface area contributed by atoms with Crippen LogP contribution in [0.15, 0.2) is 29.2 Å². The first kappa shape index (κ1) is 19.2. The highest BCUT2D eigenvalue weighted by molar-refractivity contribution is 7.89. The summed E-state index contributed by atoms with van der Waals surface area (Å²) >= 11 is 5.78. The Labute approximate surface area is 148 Å². The molecule has 1 amide bonds. The SMILES string of the molecule is CNCC1CCCN(C(=O)C(C)NS(=O)(=O)c2ccc(Cl)cc2)C1. The molecule has 1 aliphatic rings. The van der Waals surface area contributed by atoms with Crippen LogP contribution in [0.5, 0.6) is 0 Å². The molecule has 1 aromatic carbocycles. The average molecular weight is 374 g/mol. The third kappa shape index (κ3) is 4.92. The number of rotatable bonds is 6. The second kappa shape index (κ2) is 8.29. The van der Waals surface area contributed by atoms with Crippen molar-refractivity contribution in [2.75, 3.05) is 26.7 Å². The summed E-state index contributed by atoms with van der Waals surface area (Å²) in [4.78, 5) is 14.4. The van der Waals surface area contributed by atoms with Gasteiger partial charge >= 0.3 is 0 Å². The van der Waals surface area contributed by atoms with Crippen molar-refractivity contribution < 1.29 is 13.2 Å². The molecular formula is C16H24ClN3O3S. The Hall–Kier alpha value is -1.15. The molecular weight excluding hydrogens is 350 g/mol. The number of likely N-dealkylation sites (tertiary alicyclic amines) is 1. The lowest BCUT2D eigenvalue weighted by Crippen LogP contribution is -2.50. The molecule has 2 rings (SSSR count). The van der Waals surface area contributed by atoms with Crippen LogP contribution in [0.1, 0.15) is 19.8 Å². The molecule has 1 heterocycles. The Kier molecular flexibility index (Phi) is 6.62. The first-order valence-electron chi connectivity index (χ1n) is 8.05. The van der Waals surface area contributed by atoms with Crippen LogP contribution in [0.4, 0.5) is 0 Å². The van der Waals surface area contributed by atoms with E-state index >= 15 is 0 Å². The van der Waals surface area contributed by atoms with Crippen LogP contribution in [0.25, 0.3) is 0 Å². The van der Waals surface area contributed by atoms with Crippen molar-refractivity contribution in [3.63, 3.8) is 0 Å². The molecule has 1 saturated heterocycles. The van der Waals surface area contributed by atoms with Crippen LogP contribution in [-0.4, -0.2) is 51.9 Å². The molecule has 1 aliphatic heterocycles. The number of hydrogen-bond acceptors (Lipinski definition) is 4. The fourth-order valence-electron chi connectivity index (χ4n) is 2.96. The predicted octanol–water partition coefficient (Wildman–Crippen LogP) is 1.46. The fraction of sp³-hybridized carbons (Fsp3) is 0.562. The molecule has 0 aliphatic carbocycles. The Morgan fingerprint density at radius 2 is 2.04 bits per heavy atom. The maximum Gasteiger partial charge on any atom is 0.241 e. The Morgan fingerprint density at radius 1 is 1.38 bits per heavy atom. The highest BCUT2D eigenvalue weighted by atomic mass is 35.5. The number of nitrogens with one attached hydrogen (secondary N) is 2. The second-order valence-corrected chi connectivity index (χ2v) is 8.30. The van der Waals surface area contributed by atoms with Gasteiger partial charge in [0.15, 0.2) is 0 Å². The van der Waals surface area contributed by atoms with Crippen molar-refractivity contribution in [3.8, 4) is 0 Å². The van der Waals surface area contributed by atoms with Gasteiger partial charge in [0, 0.05) is 18.1 Å². The average Bonchev–Trinajstić information content (AvgIpc) is 2.54. The number of nitrogens with zero attached hydrogens (tertiary/aromatic N) is 1. The zero-order valence-electron chi connectivity index (χ0n) is 14.0.